The summed E-state index contributed by atoms with van der Waals surface area (Å²) < 4.78 is 6.99. The van der Waals surface area contributed by atoms with Crippen molar-refractivity contribution < 1.29 is 9.53 Å². The van der Waals surface area contributed by atoms with Gasteiger partial charge in [0, 0.05) is 17.5 Å². The van der Waals surface area contributed by atoms with E-state index in [2.05, 4.69) is 15.3 Å². The van der Waals surface area contributed by atoms with E-state index >= 15 is 0 Å². The van der Waals surface area contributed by atoms with Crippen molar-refractivity contribution in [1.29, 1.82) is 0 Å². The van der Waals surface area contributed by atoms with Gasteiger partial charge in [0.1, 0.15) is 5.75 Å². The van der Waals surface area contributed by atoms with Crippen LogP contribution in [0.3, 0.4) is 0 Å². The highest BCUT2D eigenvalue weighted by molar-refractivity contribution is 8.00. The fraction of sp³-hybridized carbons (Fsp3) is 0.217. The predicted molar refractivity (Wildman–Crippen MR) is 130 cm³/mol. The number of thioether (sulfide) groups is 1. The number of aromatic nitrogens is 3. The van der Waals surface area contributed by atoms with Gasteiger partial charge < -0.3 is 10.1 Å². The molecule has 0 saturated heterocycles. The van der Waals surface area contributed by atoms with E-state index in [0.717, 1.165) is 17.0 Å². The summed E-state index contributed by atoms with van der Waals surface area (Å²) in [6, 6.07) is 14.8. The summed E-state index contributed by atoms with van der Waals surface area (Å²) in [6.45, 7) is 4.15. The van der Waals surface area contributed by atoms with Gasteiger partial charge in [-0.2, -0.15) is 0 Å². The lowest BCUT2D eigenvalue weighted by Gasteiger charge is -2.14. The van der Waals surface area contributed by atoms with Crippen LogP contribution in [0.25, 0.3) is 22.2 Å². The summed E-state index contributed by atoms with van der Waals surface area (Å²) in [5.41, 5.74) is 2.12. The van der Waals surface area contributed by atoms with Gasteiger partial charge in [0.05, 0.1) is 29.0 Å². The first-order valence-electron chi connectivity index (χ1n) is 10.1. The number of carbonyl (C=O) groups is 1. The van der Waals surface area contributed by atoms with E-state index in [1.54, 1.807) is 30.7 Å². The Morgan fingerprint density at radius 3 is 2.72 bits per heavy atom. The Labute approximate surface area is 193 Å². The molecule has 2 aromatic carbocycles. The van der Waals surface area contributed by atoms with Gasteiger partial charge >= 0.3 is 0 Å². The van der Waals surface area contributed by atoms with Gasteiger partial charge in [-0.05, 0) is 38.1 Å². The molecule has 0 aliphatic rings. The summed E-state index contributed by atoms with van der Waals surface area (Å²) in [4.78, 5) is 34.8. The van der Waals surface area contributed by atoms with Gasteiger partial charge in [-0.3, -0.25) is 14.2 Å². The molecule has 0 fully saturated rings. The summed E-state index contributed by atoms with van der Waals surface area (Å²) in [5, 5.41) is 5.87. The number of thiazole rings is 1. The number of nitrogens with one attached hydrogen (secondary N) is 1. The van der Waals surface area contributed by atoms with E-state index in [9.17, 15) is 9.59 Å². The van der Waals surface area contributed by atoms with Crippen LogP contribution in [-0.4, -0.2) is 32.8 Å². The van der Waals surface area contributed by atoms with Crippen molar-refractivity contribution >= 4 is 45.0 Å². The summed E-state index contributed by atoms with van der Waals surface area (Å²) in [6.07, 6.45) is 0. The smallest absolute Gasteiger partial charge is 0.262 e. The Hall–Kier alpha value is -3.17. The van der Waals surface area contributed by atoms with Crippen LogP contribution in [0.2, 0.25) is 0 Å². The Morgan fingerprint density at radius 1 is 1.19 bits per heavy atom. The van der Waals surface area contributed by atoms with Crippen molar-refractivity contribution in [2.45, 2.75) is 30.8 Å². The molecule has 2 heterocycles. The van der Waals surface area contributed by atoms with Gasteiger partial charge in [0.25, 0.3) is 5.56 Å². The normalized spacial score (nSPS) is 12.0. The zero-order valence-corrected chi connectivity index (χ0v) is 19.5. The number of amides is 1. The third kappa shape index (κ3) is 4.39. The molecule has 7 nitrogen and oxygen atoms in total. The van der Waals surface area contributed by atoms with Crippen LogP contribution >= 0.6 is 23.1 Å². The second kappa shape index (κ2) is 9.54. The monoisotopic (exact) mass is 466 g/mol. The third-order valence-corrected chi connectivity index (χ3v) is 6.76. The minimum Gasteiger partial charge on any atom is -0.496 e. The maximum Gasteiger partial charge on any atom is 0.262 e. The Bertz CT molecular complexity index is 1330. The minimum atomic E-state index is -0.473. The predicted octanol–water partition coefficient (Wildman–Crippen LogP) is 4.67. The van der Waals surface area contributed by atoms with Gasteiger partial charge in [0.15, 0.2) is 10.3 Å². The molecule has 1 atom stereocenters. The standard InChI is InChI=1S/C23H22N4O3S2/c1-4-27-21(29)16-10-5-7-11-17(16)25-23(27)32-14(2)20(28)26-22-24-18(13-31-22)15-9-6-8-12-19(15)30-3/h5-14H,4H2,1-3H3,(H,24,26,28). The topological polar surface area (TPSA) is 86.1 Å². The number of hydrogen-bond donors (Lipinski definition) is 1. The number of rotatable bonds is 7. The molecule has 0 aliphatic heterocycles. The van der Waals surface area contributed by atoms with Crippen molar-refractivity contribution in [1.82, 2.24) is 14.5 Å². The van der Waals surface area contributed by atoms with Crippen molar-refractivity contribution in [2.24, 2.45) is 0 Å². The van der Waals surface area contributed by atoms with Crippen LogP contribution in [-0.2, 0) is 11.3 Å². The van der Waals surface area contributed by atoms with Gasteiger partial charge in [-0.15, -0.1) is 11.3 Å². The summed E-state index contributed by atoms with van der Waals surface area (Å²) >= 11 is 2.61. The number of fused-ring (bicyclic) bond motifs is 1. The van der Waals surface area contributed by atoms with E-state index in [1.807, 2.05) is 48.7 Å². The van der Waals surface area contributed by atoms with Crippen molar-refractivity contribution in [3.05, 3.63) is 64.3 Å². The van der Waals surface area contributed by atoms with Gasteiger partial charge in [-0.1, -0.05) is 36.0 Å². The molecular weight excluding hydrogens is 444 g/mol. The molecule has 32 heavy (non-hydrogen) atoms. The summed E-state index contributed by atoms with van der Waals surface area (Å²) in [7, 11) is 1.61. The molecule has 4 aromatic rings. The first-order valence-corrected chi connectivity index (χ1v) is 11.8. The fourth-order valence-electron chi connectivity index (χ4n) is 3.25. The lowest BCUT2D eigenvalue weighted by Crippen LogP contribution is -2.26. The van der Waals surface area contributed by atoms with Crippen LogP contribution in [0.1, 0.15) is 13.8 Å². The number of para-hydroxylation sites is 2. The van der Waals surface area contributed by atoms with E-state index in [-0.39, 0.29) is 11.5 Å². The average molecular weight is 467 g/mol. The van der Waals surface area contributed by atoms with E-state index < -0.39 is 5.25 Å². The van der Waals surface area contributed by atoms with Crippen molar-refractivity contribution in [2.75, 3.05) is 12.4 Å². The Balaban J connectivity index is 1.52. The maximum absolute atomic E-state index is 12.8. The molecule has 1 N–H and O–H groups in total. The van der Waals surface area contributed by atoms with Crippen LogP contribution in [0.5, 0.6) is 5.75 Å². The quantitative estimate of drug-likeness (QED) is 0.315. The number of nitrogens with zero attached hydrogens (tertiary/aromatic N) is 3. The van der Waals surface area contributed by atoms with E-state index in [0.29, 0.717) is 27.7 Å². The molecule has 0 spiro atoms. The van der Waals surface area contributed by atoms with E-state index in [1.165, 1.54) is 23.1 Å². The van der Waals surface area contributed by atoms with Crippen LogP contribution in [0.15, 0.2) is 63.9 Å². The fourth-order valence-corrected chi connectivity index (χ4v) is 4.93. The van der Waals surface area contributed by atoms with Gasteiger partial charge in [-0.25, -0.2) is 9.97 Å². The molecule has 0 saturated carbocycles. The first kappa shape index (κ1) is 22.0. The lowest BCUT2D eigenvalue weighted by molar-refractivity contribution is -0.115. The minimum absolute atomic E-state index is 0.102. The lowest BCUT2D eigenvalue weighted by atomic mass is 10.1. The number of benzene rings is 2. The number of methoxy groups -OCH3 is 1. The molecule has 0 bridgehead atoms. The first-order chi connectivity index (χ1) is 15.5. The van der Waals surface area contributed by atoms with E-state index in [4.69, 9.17) is 4.74 Å². The third-order valence-electron chi connectivity index (χ3n) is 4.91. The molecule has 164 valence electrons. The number of carbonyl (C=O) groups excluding carboxylic acids is 1. The van der Waals surface area contributed by atoms with Crippen molar-refractivity contribution in [3.63, 3.8) is 0 Å². The average Bonchev–Trinajstić information content (AvgIpc) is 3.27. The highest BCUT2D eigenvalue weighted by Crippen LogP contribution is 2.32. The number of hydrogen-bond acceptors (Lipinski definition) is 7. The highest BCUT2D eigenvalue weighted by Gasteiger charge is 2.20. The van der Waals surface area contributed by atoms with Crippen molar-refractivity contribution in [3.8, 4) is 17.0 Å². The molecule has 9 heteroatoms. The molecule has 0 radical (unpaired) electrons. The summed E-state index contributed by atoms with van der Waals surface area (Å²) in [5.74, 6) is 0.514. The van der Waals surface area contributed by atoms with Crippen LogP contribution in [0, 0.1) is 0 Å². The second-order valence-corrected chi connectivity index (χ2v) is 9.11. The number of ether oxygens (including phenoxy) is 1. The highest BCUT2D eigenvalue weighted by atomic mass is 32.2. The van der Waals surface area contributed by atoms with Crippen LogP contribution < -0.4 is 15.6 Å². The zero-order chi connectivity index (χ0) is 22.7. The Kier molecular flexibility index (Phi) is 6.57. The Morgan fingerprint density at radius 2 is 1.94 bits per heavy atom. The second-order valence-electron chi connectivity index (χ2n) is 6.95. The van der Waals surface area contributed by atoms with Crippen LogP contribution in [0.4, 0.5) is 5.13 Å². The molecular formula is C23H22N4O3S2. The molecule has 0 aliphatic carbocycles. The van der Waals surface area contributed by atoms with Gasteiger partial charge in [0.2, 0.25) is 5.91 Å². The maximum atomic E-state index is 12.8. The molecule has 2 aromatic heterocycles. The SMILES string of the molecule is CCn1c(SC(C)C(=O)Nc2nc(-c3ccccc3OC)cs2)nc2ccccc2c1=O. The zero-order valence-electron chi connectivity index (χ0n) is 17.9. The molecule has 1 amide bonds. The number of anilines is 1. The largest absolute Gasteiger partial charge is 0.496 e. The molecule has 4 rings (SSSR count). The molecule has 1 unspecified atom stereocenters.